The van der Waals surface area contributed by atoms with Crippen LogP contribution in [0.2, 0.25) is 0 Å². The molecule has 1 unspecified atom stereocenters. The summed E-state index contributed by atoms with van der Waals surface area (Å²) < 4.78 is 19.5. The zero-order chi connectivity index (χ0) is 14.8. The SMILES string of the molecule is Cc1c(F)cccc1-c1ccc(CN2CCCC2CO)o1. The molecule has 1 aliphatic heterocycles. The Bertz CT molecular complexity index is 623. The number of likely N-dealkylation sites (tertiary alicyclic amines) is 1. The lowest BCUT2D eigenvalue weighted by molar-refractivity contribution is 0.146. The van der Waals surface area contributed by atoms with Crippen molar-refractivity contribution in [2.24, 2.45) is 0 Å². The van der Waals surface area contributed by atoms with Crippen LogP contribution in [0.3, 0.4) is 0 Å². The number of hydrogen-bond donors (Lipinski definition) is 1. The molecule has 3 rings (SSSR count). The van der Waals surface area contributed by atoms with Crippen LogP contribution in [-0.2, 0) is 6.54 Å². The van der Waals surface area contributed by atoms with Crippen molar-refractivity contribution in [2.75, 3.05) is 13.2 Å². The lowest BCUT2D eigenvalue weighted by atomic mass is 10.1. The fourth-order valence-electron chi connectivity index (χ4n) is 2.99. The molecule has 2 aromatic rings. The van der Waals surface area contributed by atoms with Gasteiger partial charge in [-0.1, -0.05) is 12.1 Å². The first kappa shape index (κ1) is 14.3. The third-order valence-corrected chi connectivity index (χ3v) is 4.26. The van der Waals surface area contributed by atoms with Crippen LogP contribution in [-0.4, -0.2) is 29.2 Å². The largest absolute Gasteiger partial charge is 0.460 e. The lowest BCUT2D eigenvalue weighted by Gasteiger charge is -2.21. The van der Waals surface area contributed by atoms with E-state index in [0.29, 0.717) is 17.9 Å². The number of hydrogen-bond acceptors (Lipinski definition) is 3. The molecule has 1 fully saturated rings. The van der Waals surface area contributed by atoms with Crippen LogP contribution < -0.4 is 0 Å². The summed E-state index contributed by atoms with van der Waals surface area (Å²) in [6.07, 6.45) is 2.15. The minimum Gasteiger partial charge on any atom is -0.460 e. The molecule has 0 saturated carbocycles. The van der Waals surface area contributed by atoms with Crippen molar-refractivity contribution in [1.29, 1.82) is 0 Å². The topological polar surface area (TPSA) is 36.6 Å². The molecule has 1 aromatic heterocycles. The van der Waals surface area contributed by atoms with Gasteiger partial charge in [-0.2, -0.15) is 0 Å². The Balaban J connectivity index is 1.79. The lowest BCUT2D eigenvalue weighted by Crippen LogP contribution is -2.31. The average molecular weight is 289 g/mol. The third-order valence-electron chi connectivity index (χ3n) is 4.26. The van der Waals surface area contributed by atoms with E-state index < -0.39 is 0 Å². The second-order valence-electron chi connectivity index (χ2n) is 5.63. The van der Waals surface area contributed by atoms with Gasteiger partial charge in [0, 0.05) is 11.6 Å². The van der Waals surface area contributed by atoms with Crippen molar-refractivity contribution in [2.45, 2.75) is 32.4 Å². The van der Waals surface area contributed by atoms with Crippen molar-refractivity contribution in [3.05, 3.63) is 47.5 Å². The van der Waals surface area contributed by atoms with Crippen LogP contribution in [0, 0.1) is 12.7 Å². The Morgan fingerprint density at radius 2 is 2.19 bits per heavy atom. The van der Waals surface area contributed by atoms with Gasteiger partial charge in [0.2, 0.25) is 0 Å². The molecule has 4 heteroatoms. The number of furan rings is 1. The van der Waals surface area contributed by atoms with Crippen LogP contribution in [0.4, 0.5) is 4.39 Å². The number of benzene rings is 1. The number of aliphatic hydroxyl groups is 1. The second-order valence-corrected chi connectivity index (χ2v) is 5.63. The summed E-state index contributed by atoms with van der Waals surface area (Å²) in [5.74, 6) is 1.33. The Morgan fingerprint density at radius 3 is 3.00 bits per heavy atom. The van der Waals surface area contributed by atoms with E-state index >= 15 is 0 Å². The van der Waals surface area contributed by atoms with E-state index in [4.69, 9.17) is 4.42 Å². The summed E-state index contributed by atoms with van der Waals surface area (Å²) in [5, 5.41) is 9.35. The summed E-state index contributed by atoms with van der Waals surface area (Å²) in [5.41, 5.74) is 1.40. The highest BCUT2D eigenvalue weighted by Crippen LogP contribution is 2.28. The van der Waals surface area contributed by atoms with Gasteiger partial charge in [0.25, 0.3) is 0 Å². The van der Waals surface area contributed by atoms with E-state index in [9.17, 15) is 9.50 Å². The summed E-state index contributed by atoms with van der Waals surface area (Å²) in [4.78, 5) is 2.24. The predicted molar refractivity (Wildman–Crippen MR) is 79.4 cm³/mol. The summed E-state index contributed by atoms with van der Waals surface area (Å²) >= 11 is 0. The maximum absolute atomic E-state index is 13.6. The Kier molecular flexibility index (Phi) is 4.08. The van der Waals surface area contributed by atoms with E-state index in [1.807, 2.05) is 18.2 Å². The monoisotopic (exact) mass is 289 g/mol. The van der Waals surface area contributed by atoms with Crippen LogP contribution in [0.1, 0.15) is 24.2 Å². The van der Waals surface area contributed by atoms with Gasteiger partial charge in [-0.3, -0.25) is 4.90 Å². The Labute approximate surface area is 124 Å². The third kappa shape index (κ3) is 2.87. The fourth-order valence-corrected chi connectivity index (χ4v) is 2.99. The molecule has 1 aromatic carbocycles. The molecule has 0 spiro atoms. The van der Waals surface area contributed by atoms with Gasteiger partial charge in [0.1, 0.15) is 17.3 Å². The molecule has 0 amide bonds. The molecule has 1 aliphatic rings. The van der Waals surface area contributed by atoms with Gasteiger partial charge in [0.15, 0.2) is 0 Å². The van der Waals surface area contributed by atoms with E-state index in [0.717, 1.165) is 30.7 Å². The summed E-state index contributed by atoms with van der Waals surface area (Å²) in [6, 6.07) is 9.08. The highest BCUT2D eigenvalue weighted by molar-refractivity contribution is 5.62. The zero-order valence-electron chi connectivity index (χ0n) is 12.2. The van der Waals surface area contributed by atoms with Gasteiger partial charge in [-0.05, 0) is 50.1 Å². The molecule has 112 valence electrons. The smallest absolute Gasteiger partial charge is 0.134 e. The second kappa shape index (κ2) is 6.00. The zero-order valence-corrected chi connectivity index (χ0v) is 12.2. The van der Waals surface area contributed by atoms with E-state index in [1.165, 1.54) is 6.07 Å². The maximum Gasteiger partial charge on any atom is 0.134 e. The molecular weight excluding hydrogens is 269 g/mol. The van der Waals surface area contributed by atoms with Crippen LogP contribution >= 0.6 is 0 Å². The fraction of sp³-hybridized carbons (Fsp3) is 0.412. The molecular formula is C17H20FNO2. The number of nitrogens with zero attached hydrogens (tertiary/aromatic N) is 1. The molecule has 0 radical (unpaired) electrons. The minimum atomic E-state index is -0.217. The van der Waals surface area contributed by atoms with Gasteiger partial charge < -0.3 is 9.52 Å². The van der Waals surface area contributed by atoms with Gasteiger partial charge in [-0.15, -0.1) is 0 Å². The molecule has 2 heterocycles. The van der Waals surface area contributed by atoms with Gasteiger partial charge in [0.05, 0.1) is 13.2 Å². The maximum atomic E-state index is 13.6. The van der Waals surface area contributed by atoms with Crippen molar-refractivity contribution in [3.8, 4) is 11.3 Å². The predicted octanol–water partition coefficient (Wildman–Crippen LogP) is 3.35. The standard InChI is InChI=1S/C17H20FNO2/c1-12-15(5-2-6-16(12)18)17-8-7-14(21-17)10-19-9-3-4-13(19)11-20/h2,5-8,13,20H,3-4,9-11H2,1H3. The first-order valence-electron chi connectivity index (χ1n) is 7.38. The molecule has 0 bridgehead atoms. The van der Waals surface area contributed by atoms with Crippen molar-refractivity contribution < 1.29 is 13.9 Å². The molecule has 3 nitrogen and oxygen atoms in total. The summed E-state index contributed by atoms with van der Waals surface area (Å²) in [7, 11) is 0. The quantitative estimate of drug-likeness (QED) is 0.937. The van der Waals surface area contributed by atoms with Gasteiger partial charge >= 0.3 is 0 Å². The van der Waals surface area contributed by atoms with E-state index in [1.54, 1.807) is 13.0 Å². The number of aliphatic hydroxyl groups excluding tert-OH is 1. The molecule has 21 heavy (non-hydrogen) atoms. The van der Waals surface area contributed by atoms with Crippen molar-refractivity contribution in [1.82, 2.24) is 4.90 Å². The number of halogens is 1. The molecule has 1 saturated heterocycles. The highest BCUT2D eigenvalue weighted by atomic mass is 19.1. The Morgan fingerprint density at radius 1 is 1.33 bits per heavy atom. The van der Waals surface area contributed by atoms with Gasteiger partial charge in [-0.25, -0.2) is 4.39 Å². The first-order chi connectivity index (χ1) is 10.2. The first-order valence-corrected chi connectivity index (χ1v) is 7.38. The van der Waals surface area contributed by atoms with Crippen molar-refractivity contribution >= 4 is 0 Å². The number of rotatable bonds is 4. The van der Waals surface area contributed by atoms with E-state index in [-0.39, 0.29) is 18.5 Å². The molecule has 0 aliphatic carbocycles. The van der Waals surface area contributed by atoms with Crippen molar-refractivity contribution in [3.63, 3.8) is 0 Å². The van der Waals surface area contributed by atoms with E-state index in [2.05, 4.69) is 4.90 Å². The summed E-state index contributed by atoms with van der Waals surface area (Å²) in [6.45, 7) is 3.63. The highest BCUT2D eigenvalue weighted by Gasteiger charge is 2.24. The normalized spacial score (nSPS) is 19.3. The van der Waals surface area contributed by atoms with Crippen LogP contribution in [0.15, 0.2) is 34.7 Å². The van der Waals surface area contributed by atoms with Crippen LogP contribution in [0.25, 0.3) is 11.3 Å². The molecule has 1 atom stereocenters. The minimum absolute atomic E-state index is 0.191. The average Bonchev–Trinajstić information content (AvgIpc) is 3.11. The molecule has 1 N–H and O–H groups in total. The Hall–Kier alpha value is -1.65. The van der Waals surface area contributed by atoms with Crippen LogP contribution in [0.5, 0.6) is 0 Å².